The van der Waals surface area contributed by atoms with Crippen molar-refractivity contribution >= 4 is 28.6 Å². The van der Waals surface area contributed by atoms with E-state index < -0.39 is 17.6 Å². The molecule has 150 valence electrons. The molecule has 2 amide bonds. The van der Waals surface area contributed by atoms with E-state index in [0.717, 1.165) is 18.4 Å². The number of imidazole rings is 1. The summed E-state index contributed by atoms with van der Waals surface area (Å²) in [6.45, 7) is 2.34. The van der Waals surface area contributed by atoms with Crippen LogP contribution in [-0.2, 0) is 7.05 Å². The van der Waals surface area contributed by atoms with Crippen molar-refractivity contribution < 1.29 is 14.4 Å². The second-order valence-electron chi connectivity index (χ2n) is 7.32. The van der Waals surface area contributed by atoms with E-state index in [1.165, 1.54) is 23.1 Å². The van der Waals surface area contributed by atoms with E-state index in [1.54, 1.807) is 11.6 Å². The van der Waals surface area contributed by atoms with Crippen molar-refractivity contribution in [2.45, 2.75) is 25.7 Å². The third kappa shape index (κ3) is 2.98. The van der Waals surface area contributed by atoms with Crippen LogP contribution in [0, 0.1) is 11.3 Å². The second kappa shape index (κ2) is 7.56. The highest BCUT2D eigenvalue weighted by Crippen LogP contribution is 2.28. The van der Waals surface area contributed by atoms with E-state index in [4.69, 9.17) is 0 Å². The lowest BCUT2D eigenvalue weighted by atomic mass is 9.95. The van der Waals surface area contributed by atoms with E-state index in [1.807, 2.05) is 37.3 Å². The van der Waals surface area contributed by atoms with Crippen LogP contribution in [0.25, 0.3) is 11.0 Å². The van der Waals surface area contributed by atoms with Crippen LogP contribution in [0.1, 0.15) is 62.6 Å². The number of nitrogens with zero attached hydrogens (tertiary/aromatic N) is 4. The normalized spacial score (nSPS) is 14.1. The quantitative estimate of drug-likeness (QED) is 0.466. The lowest BCUT2D eigenvalue weighted by Crippen LogP contribution is -2.30. The Labute approximate surface area is 173 Å². The molecule has 0 fully saturated rings. The fourth-order valence-corrected chi connectivity index (χ4v) is 3.79. The number of hydrogen-bond donors (Lipinski definition) is 0. The summed E-state index contributed by atoms with van der Waals surface area (Å²) >= 11 is 0. The highest BCUT2D eigenvalue weighted by atomic mass is 16.2. The van der Waals surface area contributed by atoms with Crippen LogP contribution in [0.5, 0.6) is 0 Å². The standard InChI is InChI=1S/C23H20N4O3/c1-3-4-11-27-22(29)15-10-9-14(12-16(15)23(27)30)20(28)17(13-24)21-25-18-7-5-6-8-19(18)26(21)2/h5-10,12,17H,3-4,11H2,1-2H3/t17-/m0/s1. The molecule has 0 spiro atoms. The van der Waals surface area contributed by atoms with Crippen molar-refractivity contribution in [1.29, 1.82) is 5.26 Å². The summed E-state index contributed by atoms with van der Waals surface area (Å²) in [7, 11) is 1.76. The monoisotopic (exact) mass is 400 g/mol. The van der Waals surface area contributed by atoms with Crippen LogP contribution < -0.4 is 0 Å². The number of amides is 2. The first-order valence-corrected chi connectivity index (χ1v) is 9.83. The first-order valence-electron chi connectivity index (χ1n) is 9.83. The maximum Gasteiger partial charge on any atom is 0.261 e. The number of aryl methyl sites for hydroxylation is 1. The van der Waals surface area contributed by atoms with Crippen molar-refractivity contribution in [2.24, 2.45) is 7.05 Å². The SMILES string of the molecule is CCCCN1C(=O)c2ccc(C(=O)[C@H](C#N)c3nc4ccccc4n3C)cc2C1=O. The number of para-hydroxylation sites is 2. The first-order chi connectivity index (χ1) is 14.5. The molecular weight excluding hydrogens is 380 g/mol. The summed E-state index contributed by atoms with van der Waals surface area (Å²) in [6, 6.07) is 13.9. The van der Waals surface area contributed by atoms with Gasteiger partial charge in [0.25, 0.3) is 11.8 Å². The van der Waals surface area contributed by atoms with Crippen LogP contribution in [0.3, 0.4) is 0 Å². The number of imide groups is 1. The molecule has 1 aliphatic rings. The molecule has 30 heavy (non-hydrogen) atoms. The molecule has 0 aliphatic carbocycles. The summed E-state index contributed by atoms with van der Waals surface area (Å²) in [4.78, 5) is 44.0. The number of Topliss-reactive ketones (excluding diaryl/α,β-unsaturated/α-hetero) is 1. The zero-order valence-electron chi connectivity index (χ0n) is 16.8. The molecular formula is C23H20N4O3. The van der Waals surface area contributed by atoms with E-state index in [-0.39, 0.29) is 17.0 Å². The Morgan fingerprint density at radius 3 is 2.57 bits per heavy atom. The van der Waals surface area contributed by atoms with Crippen LogP contribution in [0.2, 0.25) is 0 Å². The van der Waals surface area contributed by atoms with Gasteiger partial charge in [0.15, 0.2) is 11.7 Å². The zero-order chi connectivity index (χ0) is 21.4. The third-order valence-corrected chi connectivity index (χ3v) is 5.46. The van der Waals surface area contributed by atoms with Crippen LogP contribution in [0.4, 0.5) is 0 Å². The van der Waals surface area contributed by atoms with Crippen molar-refractivity contribution in [1.82, 2.24) is 14.5 Å². The molecule has 1 aromatic heterocycles. The minimum absolute atomic E-state index is 0.212. The number of unbranched alkanes of at least 4 members (excludes halogenated alkanes) is 1. The maximum absolute atomic E-state index is 13.2. The van der Waals surface area contributed by atoms with E-state index in [9.17, 15) is 19.6 Å². The van der Waals surface area contributed by atoms with Gasteiger partial charge in [0.05, 0.1) is 28.2 Å². The Hall–Kier alpha value is -3.79. The number of nitriles is 1. The number of ketones is 1. The molecule has 0 saturated heterocycles. The molecule has 2 heterocycles. The lowest BCUT2D eigenvalue weighted by molar-refractivity contribution is 0.0652. The van der Waals surface area contributed by atoms with Gasteiger partial charge in [-0.05, 0) is 30.7 Å². The predicted molar refractivity (Wildman–Crippen MR) is 110 cm³/mol. The second-order valence-corrected chi connectivity index (χ2v) is 7.32. The first kappa shape index (κ1) is 19.5. The predicted octanol–water partition coefficient (Wildman–Crippen LogP) is 3.46. The number of carbonyl (C=O) groups is 3. The minimum Gasteiger partial charge on any atom is -0.330 e. The summed E-state index contributed by atoms with van der Waals surface area (Å²) in [6.07, 6.45) is 1.58. The van der Waals surface area contributed by atoms with Gasteiger partial charge < -0.3 is 4.57 Å². The van der Waals surface area contributed by atoms with E-state index in [2.05, 4.69) is 4.98 Å². The fraction of sp³-hybridized carbons (Fsp3) is 0.261. The average molecular weight is 400 g/mol. The number of benzene rings is 2. The average Bonchev–Trinajstić information content (AvgIpc) is 3.21. The number of hydrogen-bond acceptors (Lipinski definition) is 5. The molecule has 7 heteroatoms. The Morgan fingerprint density at radius 1 is 1.13 bits per heavy atom. The molecule has 3 aromatic rings. The fourth-order valence-electron chi connectivity index (χ4n) is 3.79. The van der Waals surface area contributed by atoms with Gasteiger partial charge in [-0.3, -0.25) is 19.3 Å². The summed E-state index contributed by atoms with van der Waals surface area (Å²) in [5, 5.41) is 9.73. The molecule has 2 aromatic carbocycles. The van der Waals surface area contributed by atoms with Gasteiger partial charge in [-0.1, -0.05) is 31.5 Å². The molecule has 0 bridgehead atoms. The van der Waals surface area contributed by atoms with Gasteiger partial charge in [0.2, 0.25) is 0 Å². The Bertz CT molecular complexity index is 1230. The van der Waals surface area contributed by atoms with Gasteiger partial charge in [-0.2, -0.15) is 5.26 Å². The topological polar surface area (TPSA) is 96.1 Å². The Kier molecular flexibility index (Phi) is 4.92. The van der Waals surface area contributed by atoms with Crippen molar-refractivity contribution in [2.75, 3.05) is 6.54 Å². The molecule has 0 N–H and O–H groups in total. The molecule has 4 rings (SSSR count). The van der Waals surface area contributed by atoms with Crippen LogP contribution in [0.15, 0.2) is 42.5 Å². The summed E-state index contributed by atoms with van der Waals surface area (Å²) in [5.74, 6) is -1.96. The Balaban J connectivity index is 1.70. The van der Waals surface area contributed by atoms with Crippen molar-refractivity contribution in [3.8, 4) is 6.07 Å². The number of aromatic nitrogens is 2. The number of rotatable bonds is 6. The molecule has 1 aliphatic heterocycles. The van der Waals surface area contributed by atoms with Crippen molar-refractivity contribution in [3.63, 3.8) is 0 Å². The van der Waals surface area contributed by atoms with Gasteiger partial charge in [0.1, 0.15) is 5.82 Å². The minimum atomic E-state index is -1.12. The molecule has 0 unspecified atom stereocenters. The molecule has 7 nitrogen and oxygen atoms in total. The Morgan fingerprint density at radius 2 is 1.87 bits per heavy atom. The summed E-state index contributed by atoms with van der Waals surface area (Å²) in [5.41, 5.74) is 2.24. The molecule has 0 saturated carbocycles. The molecule has 0 radical (unpaired) electrons. The summed E-state index contributed by atoms with van der Waals surface area (Å²) < 4.78 is 1.73. The van der Waals surface area contributed by atoms with Gasteiger partial charge in [-0.15, -0.1) is 0 Å². The van der Waals surface area contributed by atoms with Crippen LogP contribution >= 0.6 is 0 Å². The highest BCUT2D eigenvalue weighted by Gasteiger charge is 2.36. The maximum atomic E-state index is 13.2. The van der Waals surface area contributed by atoms with Crippen molar-refractivity contribution in [3.05, 3.63) is 65.0 Å². The molecule has 1 atom stereocenters. The van der Waals surface area contributed by atoms with Gasteiger partial charge in [-0.25, -0.2) is 4.98 Å². The van der Waals surface area contributed by atoms with E-state index >= 15 is 0 Å². The van der Waals surface area contributed by atoms with E-state index in [0.29, 0.717) is 23.4 Å². The highest BCUT2D eigenvalue weighted by molar-refractivity contribution is 6.22. The lowest BCUT2D eigenvalue weighted by Gasteiger charge is -2.12. The van der Waals surface area contributed by atoms with Gasteiger partial charge in [0, 0.05) is 19.2 Å². The third-order valence-electron chi connectivity index (χ3n) is 5.46. The smallest absolute Gasteiger partial charge is 0.261 e. The van der Waals surface area contributed by atoms with Crippen LogP contribution in [-0.4, -0.2) is 38.6 Å². The number of fused-ring (bicyclic) bond motifs is 2. The largest absolute Gasteiger partial charge is 0.330 e. The van der Waals surface area contributed by atoms with Gasteiger partial charge >= 0.3 is 0 Å². The zero-order valence-corrected chi connectivity index (χ0v) is 16.8. The number of carbonyl (C=O) groups excluding carboxylic acids is 3.